The van der Waals surface area contributed by atoms with E-state index in [1.165, 1.54) is 24.0 Å². The average Bonchev–Trinajstić information content (AvgIpc) is 2.68. The van der Waals surface area contributed by atoms with E-state index in [0.717, 1.165) is 26.1 Å². The second-order valence-corrected chi connectivity index (χ2v) is 7.06. The molecule has 0 atom stereocenters. The fraction of sp³-hybridized carbons (Fsp3) is 0.333. The van der Waals surface area contributed by atoms with Gasteiger partial charge in [-0.05, 0) is 61.5 Å². The van der Waals surface area contributed by atoms with E-state index in [1.54, 1.807) is 0 Å². The van der Waals surface area contributed by atoms with Gasteiger partial charge in [-0.1, -0.05) is 36.4 Å². The molecule has 0 saturated carbocycles. The summed E-state index contributed by atoms with van der Waals surface area (Å²) >= 11 is 0. The van der Waals surface area contributed by atoms with Gasteiger partial charge in [0, 0.05) is 6.54 Å². The number of nitrogens with one attached hydrogen (secondary N) is 2. The number of hydrogen-bond acceptors (Lipinski definition) is 3. The molecule has 26 heavy (non-hydrogen) atoms. The predicted octanol–water partition coefficient (Wildman–Crippen LogP) is 2.64. The van der Waals surface area contributed by atoms with Crippen molar-refractivity contribution < 1.29 is 0 Å². The molecule has 0 unspecified atom stereocenters. The van der Waals surface area contributed by atoms with Gasteiger partial charge >= 0.3 is 11.1 Å². The third-order valence-corrected chi connectivity index (χ3v) is 5.36. The first-order valence-corrected chi connectivity index (χ1v) is 9.21. The van der Waals surface area contributed by atoms with Gasteiger partial charge in [0.05, 0.1) is 11.0 Å². The van der Waals surface area contributed by atoms with Crippen molar-refractivity contribution in [2.24, 2.45) is 0 Å². The van der Waals surface area contributed by atoms with E-state index in [-0.39, 0.29) is 0 Å². The zero-order chi connectivity index (χ0) is 17.9. The number of fused-ring (bicyclic) bond motifs is 1. The summed E-state index contributed by atoms with van der Waals surface area (Å²) in [6.07, 6.45) is 3.35. The topological polar surface area (TPSA) is 69.0 Å². The fourth-order valence-corrected chi connectivity index (χ4v) is 3.82. The maximum absolute atomic E-state index is 11.5. The lowest BCUT2D eigenvalue weighted by molar-refractivity contribution is 0.214. The average molecular weight is 349 g/mol. The monoisotopic (exact) mass is 349 g/mol. The van der Waals surface area contributed by atoms with E-state index in [1.807, 2.05) is 18.2 Å². The first kappa shape index (κ1) is 16.8. The van der Waals surface area contributed by atoms with E-state index >= 15 is 0 Å². The van der Waals surface area contributed by atoms with Crippen LogP contribution < -0.4 is 11.1 Å². The molecule has 1 fully saturated rings. The molecule has 1 saturated heterocycles. The lowest BCUT2D eigenvalue weighted by Crippen LogP contribution is -2.34. The summed E-state index contributed by atoms with van der Waals surface area (Å²) in [7, 11) is 0. The van der Waals surface area contributed by atoms with Crippen molar-refractivity contribution in [3.05, 3.63) is 80.4 Å². The second kappa shape index (κ2) is 7.30. The van der Waals surface area contributed by atoms with Gasteiger partial charge in [-0.25, -0.2) is 0 Å². The summed E-state index contributed by atoms with van der Waals surface area (Å²) in [6.45, 7) is 3.26. The van der Waals surface area contributed by atoms with Crippen LogP contribution in [0.15, 0.2) is 58.1 Å². The van der Waals surface area contributed by atoms with Gasteiger partial charge in [0.2, 0.25) is 0 Å². The maximum atomic E-state index is 11.5. The third kappa shape index (κ3) is 3.63. The molecule has 0 bridgehead atoms. The number of rotatable bonds is 4. The van der Waals surface area contributed by atoms with Crippen LogP contribution in [0.2, 0.25) is 0 Å². The van der Waals surface area contributed by atoms with E-state index in [2.05, 4.69) is 45.2 Å². The van der Waals surface area contributed by atoms with Crippen molar-refractivity contribution in [1.29, 1.82) is 0 Å². The Balaban J connectivity index is 1.36. The van der Waals surface area contributed by atoms with Crippen molar-refractivity contribution in [3.63, 3.8) is 0 Å². The number of hydrogen-bond donors (Lipinski definition) is 2. The minimum Gasteiger partial charge on any atom is -0.316 e. The molecule has 2 N–H and O–H groups in total. The Morgan fingerprint density at radius 3 is 2.31 bits per heavy atom. The highest BCUT2D eigenvalue weighted by Gasteiger charge is 2.20. The Morgan fingerprint density at radius 1 is 0.885 bits per heavy atom. The van der Waals surface area contributed by atoms with Crippen molar-refractivity contribution in [3.8, 4) is 0 Å². The molecule has 1 aliphatic rings. The summed E-state index contributed by atoms with van der Waals surface area (Å²) < 4.78 is 0. The Labute approximate surface area is 151 Å². The summed E-state index contributed by atoms with van der Waals surface area (Å²) in [6, 6.07) is 16.6. The number of aromatic nitrogens is 2. The van der Waals surface area contributed by atoms with Crippen LogP contribution in [-0.4, -0.2) is 34.5 Å². The highest BCUT2D eigenvalue weighted by atomic mass is 16.2. The van der Waals surface area contributed by atoms with Gasteiger partial charge in [0.25, 0.3) is 0 Å². The zero-order valence-corrected chi connectivity index (χ0v) is 14.7. The Hall–Kier alpha value is -2.66. The molecule has 0 radical (unpaired) electrons. The lowest BCUT2D eigenvalue weighted by Gasteiger charge is -2.32. The molecule has 134 valence electrons. The normalized spacial score (nSPS) is 16.2. The maximum Gasteiger partial charge on any atom is 0.314 e. The number of H-pyrrole nitrogens is 2. The van der Waals surface area contributed by atoms with Crippen molar-refractivity contribution in [2.45, 2.75) is 25.2 Å². The van der Waals surface area contributed by atoms with Crippen LogP contribution in [0.5, 0.6) is 0 Å². The summed E-state index contributed by atoms with van der Waals surface area (Å²) in [5.74, 6) is 0.676. The van der Waals surface area contributed by atoms with Gasteiger partial charge in [-0.15, -0.1) is 0 Å². The number of nitrogens with zero attached hydrogens (tertiary/aromatic N) is 1. The number of aromatic amines is 2. The summed E-state index contributed by atoms with van der Waals surface area (Å²) in [5.41, 5.74) is 2.78. The highest BCUT2D eigenvalue weighted by Crippen LogP contribution is 2.27. The van der Waals surface area contributed by atoms with Crippen LogP contribution in [0.1, 0.15) is 29.9 Å². The van der Waals surface area contributed by atoms with E-state index in [0.29, 0.717) is 17.0 Å². The summed E-state index contributed by atoms with van der Waals surface area (Å²) in [5, 5.41) is 0. The SMILES string of the molecule is O=c1[nH]c2ccc(CCN3CCC(c4ccccc4)CC3)cc2[nH]c1=O. The Kier molecular flexibility index (Phi) is 4.71. The Bertz CT molecular complexity index is 999. The molecule has 1 aromatic heterocycles. The first-order chi connectivity index (χ1) is 12.7. The third-order valence-electron chi connectivity index (χ3n) is 5.36. The fourth-order valence-electron chi connectivity index (χ4n) is 3.82. The van der Waals surface area contributed by atoms with Crippen LogP contribution in [0.3, 0.4) is 0 Å². The highest BCUT2D eigenvalue weighted by molar-refractivity contribution is 5.74. The van der Waals surface area contributed by atoms with E-state index in [4.69, 9.17) is 0 Å². The molecule has 1 aliphatic heterocycles. The molecule has 4 rings (SSSR count). The molecule has 5 nitrogen and oxygen atoms in total. The molecule has 0 aliphatic carbocycles. The standard InChI is InChI=1S/C21H23N3O2/c25-20-21(26)23-19-14-15(6-7-18(19)22-20)8-11-24-12-9-17(10-13-24)16-4-2-1-3-5-16/h1-7,14,17H,8-13H2,(H,22,25)(H,23,26). The van der Waals surface area contributed by atoms with Crippen LogP contribution in [0.25, 0.3) is 11.0 Å². The van der Waals surface area contributed by atoms with Crippen molar-refractivity contribution in [1.82, 2.24) is 14.9 Å². The van der Waals surface area contributed by atoms with Gasteiger partial charge in [-0.2, -0.15) is 0 Å². The van der Waals surface area contributed by atoms with Crippen molar-refractivity contribution in [2.75, 3.05) is 19.6 Å². The van der Waals surface area contributed by atoms with Crippen LogP contribution in [0, 0.1) is 0 Å². The molecular formula is C21H23N3O2. The van der Waals surface area contributed by atoms with Crippen LogP contribution in [-0.2, 0) is 6.42 Å². The first-order valence-electron chi connectivity index (χ1n) is 9.21. The van der Waals surface area contributed by atoms with Gasteiger partial charge in [0.15, 0.2) is 0 Å². The van der Waals surface area contributed by atoms with Crippen molar-refractivity contribution >= 4 is 11.0 Å². The number of benzene rings is 2. The zero-order valence-electron chi connectivity index (χ0n) is 14.7. The smallest absolute Gasteiger partial charge is 0.314 e. The minimum absolute atomic E-state index is 0.599. The van der Waals surface area contributed by atoms with Crippen LogP contribution in [0.4, 0.5) is 0 Å². The Morgan fingerprint density at radius 2 is 1.58 bits per heavy atom. The summed E-state index contributed by atoms with van der Waals surface area (Å²) in [4.78, 5) is 30.6. The van der Waals surface area contributed by atoms with Gasteiger partial charge in [0.1, 0.15) is 0 Å². The molecule has 2 heterocycles. The van der Waals surface area contributed by atoms with Gasteiger partial charge in [-0.3, -0.25) is 9.59 Å². The van der Waals surface area contributed by atoms with E-state index in [9.17, 15) is 9.59 Å². The molecule has 0 spiro atoms. The predicted molar refractivity (Wildman–Crippen MR) is 104 cm³/mol. The second-order valence-electron chi connectivity index (χ2n) is 7.06. The molecule has 3 aromatic rings. The molecular weight excluding hydrogens is 326 g/mol. The quantitative estimate of drug-likeness (QED) is 0.712. The molecule has 0 amide bonds. The van der Waals surface area contributed by atoms with Crippen LogP contribution >= 0.6 is 0 Å². The van der Waals surface area contributed by atoms with E-state index < -0.39 is 11.1 Å². The largest absolute Gasteiger partial charge is 0.316 e. The number of piperidine rings is 1. The molecule has 2 aromatic carbocycles. The lowest BCUT2D eigenvalue weighted by atomic mass is 9.89. The molecule has 5 heteroatoms. The number of likely N-dealkylation sites (tertiary alicyclic amines) is 1. The van der Waals surface area contributed by atoms with Gasteiger partial charge < -0.3 is 14.9 Å². The minimum atomic E-state index is -0.605.